The van der Waals surface area contributed by atoms with Gasteiger partial charge < -0.3 is 10.1 Å². The third-order valence-corrected chi connectivity index (χ3v) is 7.51. The number of piperidine rings is 1. The lowest BCUT2D eigenvalue weighted by atomic mass is 10.0. The SMILES string of the molecule is CC1=NCC=C(C(CNC(=O)c2c(F)cccc2Cl)N2CCC(OCc3ccccc3)CC2)S1. The van der Waals surface area contributed by atoms with Crippen LogP contribution in [0.15, 0.2) is 64.5 Å². The molecular formula is C26H29ClFN3O2S. The Bertz CT molecular complexity index is 1040. The van der Waals surface area contributed by atoms with Gasteiger partial charge in [-0.05, 0) is 37.5 Å². The first-order chi connectivity index (χ1) is 16.5. The number of rotatable bonds is 8. The summed E-state index contributed by atoms with van der Waals surface area (Å²) >= 11 is 7.73. The minimum atomic E-state index is -0.618. The van der Waals surface area contributed by atoms with Crippen molar-refractivity contribution in [1.29, 1.82) is 0 Å². The average molecular weight is 502 g/mol. The van der Waals surface area contributed by atoms with Crippen molar-refractivity contribution in [3.05, 3.63) is 81.5 Å². The minimum absolute atomic E-state index is 0.0139. The molecule has 2 aliphatic rings. The molecule has 1 saturated heterocycles. The molecule has 4 rings (SSSR count). The van der Waals surface area contributed by atoms with Gasteiger partial charge >= 0.3 is 0 Å². The molecule has 5 nitrogen and oxygen atoms in total. The smallest absolute Gasteiger partial charge is 0.255 e. The Hall–Kier alpha value is -2.19. The van der Waals surface area contributed by atoms with E-state index >= 15 is 0 Å². The Balaban J connectivity index is 1.38. The van der Waals surface area contributed by atoms with Crippen molar-refractivity contribution in [2.45, 2.75) is 38.5 Å². The lowest BCUT2D eigenvalue weighted by molar-refractivity contribution is -0.00741. The van der Waals surface area contributed by atoms with Gasteiger partial charge in [0, 0.05) is 24.5 Å². The first-order valence-corrected chi connectivity index (χ1v) is 12.7. The lowest BCUT2D eigenvalue weighted by Gasteiger charge is -2.39. The van der Waals surface area contributed by atoms with Crippen molar-refractivity contribution in [3.8, 4) is 0 Å². The number of likely N-dealkylation sites (tertiary alicyclic amines) is 1. The summed E-state index contributed by atoms with van der Waals surface area (Å²) in [6.45, 7) is 5.32. The second-order valence-electron chi connectivity index (χ2n) is 8.42. The highest BCUT2D eigenvalue weighted by molar-refractivity contribution is 8.17. The normalized spacial score (nSPS) is 18.2. The number of nitrogens with one attached hydrogen (secondary N) is 1. The van der Waals surface area contributed by atoms with E-state index in [1.807, 2.05) is 25.1 Å². The van der Waals surface area contributed by atoms with E-state index in [1.165, 1.54) is 23.8 Å². The van der Waals surface area contributed by atoms with Crippen LogP contribution in [0.3, 0.4) is 0 Å². The number of thioether (sulfide) groups is 1. The number of carbonyl (C=O) groups excluding carboxylic acids is 1. The third kappa shape index (κ3) is 6.48. The van der Waals surface area contributed by atoms with Crippen LogP contribution in [0.5, 0.6) is 0 Å². The summed E-state index contributed by atoms with van der Waals surface area (Å²) < 4.78 is 20.4. The first kappa shape index (κ1) is 24.9. The topological polar surface area (TPSA) is 53.9 Å². The van der Waals surface area contributed by atoms with Crippen LogP contribution in [0.4, 0.5) is 4.39 Å². The zero-order valence-corrected chi connectivity index (χ0v) is 20.7. The fourth-order valence-corrected chi connectivity index (χ4v) is 5.51. The molecule has 0 spiro atoms. The van der Waals surface area contributed by atoms with Crippen LogP contribution in [0.25, 0.3) is 0 Å². The number of amides is 1. The summed E-state index contributed by atoms with van der Waals surface area (Å²) in [4.78, 5) is 20.8. The number of hydrogen-bond donors (Lipinski definition) is 1. The van der Waals surface area contributed by atoms with Crippen LogP contribution in [0.1, 0.15) is 35.7 Å². The molecule has 0 aliphatic carbocycles. The number of carbonyl (C=O) groups is 1. The largest absolute Gasteiger partial charge is 0.373 e. The highest BCUT2D eigenvalue weighted by atomic mass is 35.5. The van der Waals surface area contributed by atoms with E-state index in [-0.39, 0.29) is 22.7 Å². The number of halogens is 2. The lowest BCUT2D eigenvalue weighted by Crippen LogP contribution is -2.49. The van der Waals surface area contributed by atoms with Crippen molar-refractivity contribution in [3.63, 3.8) is 0 Å². The van der Waals surface area contributed by atoms with Crippen LogP contribution in [-0.2, 0) is 11.3 Å². The van der Waals surface area contributed by atoms with Crippen LogP contribution in [-0.4, -0.2) is 54.2 Å². The maximum absolute atomic E-state index is 14.2. The third-order valence-electron chi connectivity index (χ3n) is 6.09. The molecule has 1 atom stereocenters. The molecule has 2 aromatic carbocycles. The molecule has 2 heterocycles. The second kappa shape index (κ2) is 12.0. The van der Waals surface area contributed by atoms with Crippen LogP contribution in [0, 0.1) is 5.82 Å². The number of ether oxygens (including phenoxy) is 1. The molecule has 0 radical (unpaired) electrons. The van der Waals surface area contributed by atoms with Gasteiger partial charge in [-0.25, -0.2) is 4.39 Å². The molecule has 0 bridgehead atoms. The standard InChI is InChI=1S/C26H29ClFN3O2S/c1-18-29-13-10-24(34-18)23(16-30-26(32)25-21(27)8-5-9-22(25)28)31-14-11-20(12-15-31)33-17-19-6-3-2-4-7-19/h2-10,20,23H,11-17H2,1H3,(H,30,32). The average Bonchev–Trinajstić information content (AvgIpc) is 2.84. The fourth-order valence-electron chi connectivity index (χ4n) is 4.26. The van der Waals surface area contributed by atoms with Gasteiger partial charge in [-0.1, -0.05) is 65.8 Å². The number of benzene rings is 2. The van der Waals surface area contributed by atoms with Gasteiger partial charge in [-0.2, -0.15) is 0 Å². The van der Waals surface area contributed by atoms with E-state index in [0.29, 0.717) is 19.7 Å². The van der Waals surface area contributed by atoms with Crippen molar-refractivity contribution >= 4 is 34.3 Å². The number of aliphatic imine (C=N–C) groups is 1. The van der Waals surface area contributed by atoms with E-state index in [1.54, 1.807) is 11.8 Å². The Labute approximate surface area is 209 Å². The second-order valence-corrected chi connectivity index (χ2v) is 10.1. The molecule has 1 amide bonds. The maximum atomic E-state index is 14.2. The summed E-state index contributed by atoms with van der Waals surface area (Å²) in [7, 11) is 0. The molecule has 0 aromatic heterocycles. The van der Waals surface area contributed by atoms with E-state index < -0.39 is 11.7 Å². The monoisotopic (exact) mass is 501 g/mol. The molecule has 1 fully saturated rings. The molecule has 1 unspecified atom stereocenters. The van der Waals surface area contributed by atoms with Crippen molar-refractivity contribution in [2.75, 3.05) is 26.2 Å². The zero-order valence-electron chi connectivity index (χ0n) is 19.2. The van der Waals surface area contributed by atoms with Gasteiger partial charge in [-0.3, -0.25) is 14.7 Å². The van der Waals surface area contributed by atoms with Crippen LogP contribution in [0.2, 0.25) is 5.02 Å². The van der Waals surface area contributed by atoms with E-state index in [0.717, 1.165) is 35.9 Å². The van der Waals surface area contributed by atoms with Gasteiger partial charge in [0.2, 0.25) is 0 Å². The predicted octanol–water partition coefficient (Wildman–Crippen LogP) is 5.31. The number of hydrogen-bond acceptors (Lipinski definition) is 5. The van der Waals surface area contributed by atoms with Crippen molar-refractivity contribution in [1.82, 2.24) is 10.2 Å². The molecule has 8 heteroatoms. The van der Waals surface area contributed by atoms with Gasteiger partial charge in [-0.15, -0.1) is 0 Å². The van der Waals surface area contributed by atoms with Crippen LogP contribution >= 0.6 is 23.4 Å². The quantitative estimate of drug-likeness (QED) is 0.532. The van der Waals surface area contributed by atoms with E-state index in [2.05, 4.69) is 33.4 Å². The summed E-state index contributed by atoms with van der Waals surface area (Å²) in [6, 6.07) is 14.5. The summed E-state index contributed by atoms with van der Waals surface area (Å²) in [5.41, 5.74) is 1.06. The van der Waals surface area contributed by atoms with E-state index in [9.17, 15) is 9.18 Å². The van der Waals surface area contributed by atoms with Crippen molar-refractivity contribution in [2.24, 2.45) is 4.99 Å². The van der Waals surface area contributed by atoms with Gasteiger partial charge in [0.25, 0.3) is 5.91 Å². The fraction of sp³-hybridized carbons (Fsp3) is 0.385. The molecule has 2 aliphatic heterocycles. The van der Waals surface area contributed by atoms with E-state index in [4.69, 9.17) is 16.3 Å². The Morgan fingerprint density at radius 3 is 2.71 bits per heavy atom. The molecule has 1 N–H and O–H groups in total. The highest BCUT2D eigenvalue weighted by Gasteiger charge is 2.30. The first-order valence-electron chi connectivity index (χ1n) is 11.5. The summed E-state index contributed by atoms with van der Waals surface area (Å²) in [6.07, 6.45) is 4.16. The molecule has 0 saturated carbocycles. The zero-order chi connectivity index (χ0) is 23.9. The molecule has 180 valence electrons. The summed E-state index contributed by atoms with van der Waals surface area (Å²) in [5, 5.41) is 4.04. The minimum Gasteiger partial charge on any atom is -0.373 e. The Morgan fingerprint density at radius 1 is 1.24 bits per heavy atom. The Morgan fingerprint density at radius 2 is 2.00 bits per heavy atom. The van der Waals surface area contributed by atoms with Crippen molar-refractivity contribution < 1.29 is 13.9 Å². The maximum Gasteiger partial charge on any atom is 0.255 e. The predicted molar refractivity (Wildman–Crippen MR) is 137 cm³/mol. The molecule has 2 aromatic rings. The van der Waals surface area contributed by atoms with Gasteiger partial charge in [0.15, 0.2) is 0 Å². The Kier molecular flexibility index (Phi) is 8.78. The van der Waals surface area contributed by atoms with Gasteiger partial charge in [0.05, 0.1) is 40.9 Å². The van der Waals surface area contributed by atoms with Crippen LogP contribution < -0.4 is 5.32 Å². The summed E-state index contributed by atoms with van der Waals surface area (Å²) in [5.74, 6) is -1.12. The molecular weight excluding hydrogens is 473 g/mol. The van der Waals surface area contributed by atoms with Gasteiger partial charge in [0.1, 0.15) is 5.82 Å². The molecule has 34 heavy (non-hydrogen) atoms. The number of nitrogens with zero attached hydrogens (tertiary/aromatic N) is 2. The highest BCUT2D eigenvalue weighted by Crippen LogP contribution is 2.30.